The summed E-state index contributed by atoms with van der Waals surface area (Å²) in [6.45, 7) is 2.11. The normalized spacial score (nSPS) is 14.0. The molecule has 11 heavy (non-hydrogen) atoms. The lowest BCUT2D eigenvalue weighted by Crippen LogP contribution is -2.17. The van der Waals surface area contributed by atoms with Crippen LogP contribution in [-0.2, 0) is 0 Å². The van der Waals surface area contributed by atoms with E-state index in [1.807, 2.05) is 19.3 Å². The minimum Gasteiger partial charge on any atom is -0.314 e. The van der Waals surface area contributed by atoms with Gasteiger partial charge in [0.2, 0.25) is 0 Å². The first-order valence-corrected chi connectivity index (χ1v) is 4.36. The number of hydrogen-bond donors (Lipinski definition) is 1. The van der Waals surface area contributed by atoms with Gasteiger partial charge in [-0.05, 0) is 37.6 Å². The molecule has 0 aromatic carbocycles. The Balaban J connectivity index is 2.48. The number of rotatable bonds is 3. The van der Waals surface area contributed by atoms with E-state index >= 15 is 0 Å². The maximum Gasteiger partial charge on any atom is 0.0474 e. The average molecular weight is 168 g/mol. The van der Waals surface area contributed by atoms with E-state index in [-0.39, 0.29) is 0 Å². The average Bonchev–Trinajstić information content (AvgIpc) is 2.52. The minimum atomic E-state index is 0.428. The van der Waals surface area contributed by atoms with E-state index < -0.39 is 0 Å². The van der Waals surface area contributed by atoms with Crippen LogP contribution < -0.4 is 5.32 Å². The maximum atomic E-state index is 4.00. The summed E-state index contributed by atoms with van der Waals surface area (Å²) in [7, 11) is 1.95. The van der Waals surface area contributed by atoms with Crippen molar-refractivity contribution in [3.05, 3.63) is 23.2 Å². The molecule has 1 heterocycles. The molecule has 0 radical (unpaired) electrons. The molecule has 0 aliphatic carbocycles. The molecule has 2 nitrogen and oxygen atoms in total. The van der Waals surface area contributed by atoms with Gasteiger partial charge in [-0.1, -0.05) is 6.08 Å². The highest BCUT2D eigenvalue weighted by atomic mass is 32.1. The van der Waals surface area contributed by atoms with Crippen molar-refractivity contribution >= 4 is 17.6 Å². The van der Waals surface area contributed by atoms with Crippen molar-refractivity contribution in [2.45, 2.75) is 13.0 Å². The lowest BCUT2D eigenvalue weighted by molar-refractivity contribution is 0.732. The van der Waals surface area contributed by atoms with Gasteiger partial charge in [0.25, 0.3) is 0 Å². The number of likely N-dealkylation sites (N-methyl/N-ethyl adjacent to an activating group) is 1. The molecule has 1 N–H and O–H groups in total. The summed E-state index contributed by atoms with van der Waals surface area (Å²) in [6, 6.07) is 2.43. The molecular weight excluding hydrogens is 156 g/mol. The topological polar surface area (TPSA) is 24.9 Å². The molecule has 1 atom stereocenters. The van der Waals surface area contributed by atoms with Crippen molar-refractivity contribution in [3.8, 4) is 0 Å². The summed E-state index contributed by atoms with van der Waals surface area (Å²) >= 11 is 1.51. The fraction of sp³-hybridized carbons (Fsp3) is 0.375. The molecule has 0 aliphatic heterocycles. The van der Waals surface area contributed by atoms with Crippen molar-refractivity contribution in [2.24, 2.45) is 0 Å². The van der Waals surface area contributed by atoms with Crippen LogP contribution in [0.3, 0.4) is 0 Å². The second kappa shape index (κ2) is 4.26. The first-order valence-electron chi connectivity index (χ1n) is 3.59. The van der Waals surface area contributed by atoms with Gasteiger partial charge in [0.15, 0.2) is 0 Å². The van der Waals surface area contributed by atoms with Gasteiger partial charge in [-0.15, -0.1) is 0 Å². The molecule has 0 fully saturated rings. The number of hydrogen-bond acceptors (Lipinski definition) is 3. The maximum absolute atomic E-state index is 4.00. The molecule has 60 valence electrons. The van der Waals surface area contributed by atoms with Crippen LogP contribution in [-0.4, -0.2) is 17.5 Å². The van der Waals surface area contributed by atoms with Gasteiger partial charge in [-0.25, -0.2) is 4.37 Å². The first kappa shape index (κ1) is 8.43. The third-order valence-corrected chi connectivity index (χ3v) is 2.17. The van der Waals surface area contributed by atoms with Crippen LogP contribution in [0, 0.1) is 0 Å². The summed E-state index contributed by atoms with van der Waals surface area (Å²) in [6.07, 6.45) is 6.01. The summed E-state index contributed by atoms with van der Waals surface area (Å²) in [4.78, 5) is 1.20. The summed E-state index contributed by atoms with van der Waals surface area (Å²) in [5.74, 6) is 0. The van der Waals surface area contributed by atoms with Crippen LogP contribution >= 0.6 is 11.5 Å². The zero-order valence-electron chi connectivity index (χ0n) is 6.74. The third-order valence-electron chi connectivity index (χ3n) is 1.46. The van der Waals surface area contributed by atoms with Crippen LogP contribution in [0.2, 0.25) is 0 Å². The summed E-state index contributed by atoms with van der Waals surface area (Å²) < 4.78 is 4.00. The van der Waals surface area contributed by atoms with Crippen LogP contribution in [0.15, 0.2) is 18.3 Å². The van der Waals surface area contributed by atoms with E-state index in [0.717, 1.165) is 0 Å². The van der Waals surface area contributed by atoms with Crippen LogP contribution in [0.5, 0.6) is 0 Å². The smallest absolute Gasteiger partial charge is 0.0474 e. The van der Waals surface area contributed by atoms with Gasteiger partial charge in [0.05, 0.1) is 0 Å². The molecule has 1 unspecified atom stereocenters. The third kappa shape index (κ3) is 2.82. The van der Waals surface area contributed by atoms with E-state index in [2.05, 4.69) is 28.8 Å². The standard InChI is InChI=1S/C8H12N2S/c1-7(9-2)3-4-8-5-6-10-11-8/h3-7,9H,1-2H3/b4-3+. The highest BCUT2D eigenvalue weighted by molar-refractivity contribution is 7.06. The molecule has 0 saturated heterocycles. The Labute approximate surface area is 71.1 Å². The second-order valence-electron chi connectivity index (χ2n) is 2.35. The zero-order chi connectivity index (χ0) is 8.10. The van der Waals surface area contributed by atoms with Crippen LogP contribution in [0.25, 0.3) is 6.08 Å². The first-order chi connectivity index (χ1) is 5.33. The van der Waals surface area contributed by atoms with E-state index in [4.69, 9.17) is 0 Å². The second-order valence-corrected chi connectivity index (χ2v) is 3.22. The molecule has 1 aromatic heterocycles. The Morgan fingerprint density at radius 2 is 2.55 bits per heavy atom. The van der Waals surface area contributed by atoms with Gasteiger partial charge in [0.1, 0.15) is 0 Å². The minimum absolute atomic E-state index is 0.428. The van der Waals surface area contributed by atoms with E-state index in [0.29, 0.717) is 6.04 Å². The molecular formula is C8H12N2S. The lowest BCUT2D eigenvalue weighted by atomic mass is 10.3. The van der Waals surface area contributed by atoms with Crippen molar-refractivity contribution in [3.63, 3.8) is 0 Å². The Morgan fingerprint density at radius 1 is 1.73 bits per heavy atom. The van der Waals surface area contributed by atoms with Crippen molar-refractivity contribution in [1.29, 1.82) is 0 Å². The Morgan fingerprint density at radius 3 is 3.09 bits per heavy atom. The fourth-order valence-corrected chi connectivity index (χ4v) is 1.15. The van der Waals surface area contributed by atoms with Crippen LogP contribution in [0.1, 0.15) is 11.8 Å². The Hall–Kier alpha value is -0.670. The largest absolute Gasteiger partial charge is 0.314 e. The van der Waals surface area contributed by atoms with E-state index in [1.54, 1.807) is 0 Å². The van der Waals surface area contributed by atoms with Crippen molar-refractivity contribution in [2.75, 3.05) is 7.05 Å². The highest BCUT2D eigenvalue weighted by Crippen LogP contribution is 2.06. The predicted octanol–water partition coefficient (Wildman–Crippen LogP) is 1.76. The Kier molecular flexibility index (Phi) is 3.26. The fourth-order valence-electron chi connectivity index (χ4n) is 0.647. The molecule has 0 saturated carbocycles. The lowest BCUT2D eigenvalue weighted by Gasteiger charge is -2.00. The van der Waals surface area contributed by atoms with Crippen molar-refractivity contribution in [1.82, 2.24) is 9.69 Å². The zero-order valence-corrected chi connectivity index (χ0v) is 7.56. The van der Waals surface area contributed by atoms with Crippen molar-refractivity contribution < 1.29 is 0 Å². The van der Waals surface area contributed by atoms with Gasteiger partial charge >= 0.3 is 0 Å². The van der Waals surface area contributed by atoms with Gasteiger partial charge < -0.3 is 5.32 Å². The van der Waals surface area contributed by atoms with Gasteiger partial charge in [-0.2, -0.15) is 0 Å². The van der Waals surface area contributed by atoms with Gasteiger partial charge in [0, 0.05) is 17.1 Å². The summed E-state index contributed by atoms with van der Waals surface area (Å²) in [5, 5.41) is 3.12. The number of aromatic nitrogens is 1. The molecule has 0 bridgehead atoms. The van der Waals surface area contributed by atoms with Gasteiger partial charge in [-0.3, -0.25) is 0 Å². The SMILES string of the molecule is CNC(C)/C=C/c1ccns1. The number of nitrogens with zero attached hydrogens (tertiary/aromatic N) is 1. The predicted molar refractivity (Wildman–Crippen MR) is 49.7 cm³/mol. The molecule has 1 rings (SSSR count). The number of nitrogens with one attached hydrogen (secondary N) is 1. The van der Waals surface area contributed by atoms with E-state index in [9.17, 15) is 0 Å². The quantitative estimate of drug-likeness (QED) is 0.744. The Bertz CT molecular complexity index is 216. The molecule has 1 aromatic rings. The van der Waals surface area contributed by atoms with Crippen LogP contribution in [0.4, 0.5) is 0 Å². The highest BCUT2D eigenvalue weighted by Gasteiger charge is 1.90. The molecule has 3 heteroatoms. The molecule has 0 amide bonds. The molecule has 0 aliphatic rings. The molecule has 0 spiro atoms. The summed E-state index contributed by atoms with van der Waals surface area (Å²) in [5.41, 5.74) is 0. The van der Waals surface area contributed by atoms with E-state index in [1.165, 1.54) is 16.4 Å². The monoisotopic (exact) mass is 168 g/mol.